The predicted octanol–water partition coefficient (Wildman–Crippen LogP) is 3.99. The number of piperidine rings is 3. The summed E-state index contributed by atoms with van der Waals surface area (Å²) in [5.74, 6) is 1.96. The number of nitrogens with zero attached hydrogens (tertiary/aromatic N) is 2. The Hall–Kier alpha value is -1.88. The highest BCUT2D eigenvalue weighted by atomic mass is 16.5. The monoisotopic (exact) mass is 410 g/mol. The molecule has 1 aromatic rings. The zero-order chi connectivity index (χ0) is 20.8. The van der Waals surface area contributed by atoms with Crippen LogP contribution in [0.25, 0.3) is 0 Å². The third-order valence-electron chi connectivity index (χ3n) is 7.83. The number of hydrogen-bond acceptors (Lipinski definition) is 3. The summed E-state index contributed by atoms with van der Waals surface area (Å²) in [6.07, 6.45) is 6.16. The maximum Gasteiger partial charge on any atom is 0.254 e. The number of carbonyl (C=O) groups is 2. The van der Waals surface area contributed by atoms with Gasteiger partial charge in [-0.3, -0.25) is 9.59 Å². The predicted molar refractivity (Wildman–Crippen MR) is 115 cm³/mol. The van der Waals surface area contributed by atoms with E-state index in [0.29, 0.717) is 55.4 Å². The van der Waals surface area contributed by atoms with E-state index in [9.17, 15) is 9.59 Å². The molecule has 3 saturated heterocycles. The molecule has 5 heteroatoms. The van der Waals surface area contributed by atoms with Crippen LogP contribution in [0, 0.1) is 17.8 Å². The summed E-state index contributed by atoms with van der Waals surface area (Å²) in [7, 11) is 0. The van der Waals surface area contributed by atoms with E-state index in [1.54, 1.807) is 0 Å². The van der Waals surface area contributed by atoms with Crippen LogP contribution in [0.2, 0.25) is 0 Å². The maximum atomic E-state index is 13.6. The molecule has 0 unspecified atom stereocenters. The molecule has 4 atom stereocenters. The molecule has 4 heterocycles. The molecule has 3 fully saturated rings. The number of hydrogen-bond donors (Lipinski definition) is 0. The van der Waals surface area contributed by atoms with Crippen molar-refractivity contribution in [3.63, 3.8) is 0 Å². The van der Waals surface area contributed by atoms with E-state index in [1.807, 2.05) is 12.1 Å². The van der Waals surface area contributed by atoms with Gasteiger partial charge in [0, 0.05) is 37.2 Å². The van der Waals surface area contributed by atoms with Crippen molar-refractivity contribution in [1.29, 1.82) is 0 Å². The Labute approximate surface area is 179 Å². The van der Waals surface area contributed by atoms with Gasteiger partial charge in [0.05, 0.1) is 13.2 Å². The molecule has 0 saturated carbocycles. The van der Waals surface area contributed by atoms with Crippen LogP contribution < -0.4 is 0 Å². The van der Waals surface area contributed by atoms with Crippen molar-refractivity contribution in [2.24, 2.45) is 17.8 Å². The quantitative estimate of drug-likeness (QED) is 0.754. The fraction of sp³-hybridized carbons (Fsp3) is 0.680. The highest BCUT2D eigenvalue weighted by Crippen LogP contribution is 2.43. The lowest BCUT2D eigenvalue weighted by Crippen LogP contribution is -2.65. The largest absolute Gasteiger partial charge is 0.372 e. The fourth-order valence-electron chi connectivity index (χ4n) is 6.39. The highest BCUT2D eigenvalue weighted by molar-refractivity contribution is 5.96. The number of ether oxygens (including phenoxy) is 1. The van der Waals surface area contributed by atoms with Crippen molar-refractivity contribution in [2.75, 3.05) is 13.1 Å². The van der Waals surface area contributed by atoms with E-state index in [4.69, 9.17) is 4.74 Å². The zero-order valence-electron chi connectivity index (χ0n) is 18.3. The fourth-order valence-corrected chi connectivity index (χ4v) is 6.39. The molecule has 4 aliphatic heterocycles. The number of likely N-dealkylation sites (tertiary alicyclic amines) is 1. The third kappa shape index (κ3) is 3.45. The van der Waals surface area contributed by atoms with Crippen LogP contribution in [0.1, 0.15) is 73.9 Å². The summed E-state index contributed by atoms with van der Waals surface area (Å²) >= 11 is 0. The number of amides is 2. The standard InChI is InChI=1S/C25H34N2O3/c1-16(2)9-10-23-19-11-18(22-7-4-8-24(28)27(22)23)12-26(13-19)25(29)20-6-3-5-17-14-30-15-21(17)20/h3,5-6,16,18-19,22-23H,4,7-15H2,1-2H3/t18-,19+,22+,23+/m1/s1. The van der Waals surface area contributed by atoms with Gasteiger partial charge in [0.15, 0.2) is 0 Å². The molecular formula is C25H34N2O3. The lowest BCUT2D eigenvalue weighted by atomic mass is 9.70. The molecule has 30 heavy (non-hydrogen) atoms. The highest BCUT2D eigenvalue weighted by Gasteiger charge is 2.49. The summed E-state index contributed by atoms with van der Waals surface area (Å²) in [6.45, 7) is 7.23. The van der Waals surface area contributed by atoms with Crippen molar-refractivity contribution in [3.8, 4) is 0 Å². The lowest BCUT2D eigenvalue weighted by Gasteiger charge is -2.57. The molecular weight excluding hydrogens is 376 g/mol. The van der Waals surface area contributed by atoms with Crippen LogP contribution in [0.3, 0.4) is 0 Å². The van der Waals surface area contributed by atoms with Crippen molar-refractivity contribution in [3.05, 3.63) is 34.9 Å². The average molecular weight is 411 g/mol. The van der Waals surface area contributed by atoms with Crippen molar-refractivity contribution in [1.82, 2.24) is 9.80 Å². The van der Waals surface area contributed by atoms with Crippen LogP contribution in [0.4, 0.5) is 0 Å². The van der Waals surface area contributed by atoms with Gasteiger partial charge in [0.1, 0.15) is 0 Å². The molecule has 2 amide bonds. The average Bonchev–Trinajstić information content (AvgIpc) is 3.22. The molecule has 0 spiro atoms. The summed E-state index contributed by atoms with van der Waals surface area (Å²) in [5, 5.41) is 0. The van der Waals surface area contributed by atoms with Crippen LogP contribution in [-0.2, 0) is 22.7 Å². The smallest absolute Gasteiger partial charge is 0.254 e. The molecule has 0 radical (unpaired) electrons. The summed E-state index contributed by atoms with van der Waals surface area (Å²) in [6, 6.07) is 6.63. The SMILES string of the molecule is CC(C)CC[C@H]1[C@H]2C[C@H](CN(C(=O)c3cccc4c3COC4)C2)[C@@H]2CCCC(=O)N21. The maximum absolute atomic E-state index is 13.6. The molecule has 4 aliphatic rings. The van der Waals surface area contributed by atoms with Crippen LogP contribution in [0.5, 0.6) is 0 Å². The minimum absolute atomic E-state index is 0.158. The van der Waals surface area contributed by atoms with Gasteiger partial charge in [0.2, 0.25) is 5.91 Å². The Morgan fingerprint density at radius 3 is 2.87 bits per heavy atom. The summed E-state index contributed by atoms with van der Waals surface area (Å²) in [5.41, 5.74) is 3.04. The molecule has 1 aromatic carbocycles. The normalized spacial score (nSPS) is 30.4. The second kappa shape index (κ2) is 7.99. The van der Waals surface area contributed by atoms with Crippen molar-refractivity contribution in [2.45, 2.75) is 77.7 Å². The molecule has 2 bridgehead atoms. The summed E-state index contributed by atoms with van der Waals surface area (Å²) in [4.78, 5) is 30.9. The molecule has 0 aliphatic carbocycles. The Bertz CT molecular complexity index is 836. The van der Waals surface area contributed by atoms with Gasteiger partial charge in [-0.15, -0.1) is 0 Å². The Kier molecular flexibility index (Phi) is 5.34. The van der Waals surface area contributed by atoms with E-state index in [2.05, 4.69) is 29.7 Å². The molecule has 0 aromatic heterocycles. The van der Waals surface area contributed by atoms with Gasteiger partial charge in [-0.25, -0.2) is 0 Å². The van der Waals surface area contributed by atoms with Crippen molar-refractivity contribution >= 4 is 11.8 Å². The first-order chi connectivity index (χ1) is 14.5. The van der Waals surface area contributed by atoms with E-state index in [-0.39, 0.29) is 5.91 Å². The first-order valence-electron chi connectivity index (χ1n) is 11.8. The summed E-state index contributed by atoms with van der Waals surface area (Å²) < 4.78 is 5.61. The van der Waals surface area contributed by atoms with Crippen molar-refractivity contribution < 1.29 is 14.3 Å². The minimum atomic E-state index is 0.158. The first kappa shape index (κ1) is 20.0. The zero-order valence-corrected chi connectivity index (χ0v) is 18.3. The Morgan fingerprint density at radius 2 is 2.03 bits per heavy atom. The topological polar surface area (TPSA) is 49.9 Å². The number of rotatable bonds is 4. The molecule has 162 valence electrons. The molecule has 0 N–H and O–H groups in total. The minimum Gasteiger partial charge on any atom is -0.372 e. The van der Waals surface area contributed by atoms with E-state index < -0.39 is 0 Å². The van der Waals surface area contributed by atoms with Gasteiger partial charge >= 0.3 is 0 Å². The van der Waals surface area contributed by atoms with Crippen LogP contribution in [-0.4, -0.2) is 46.8 Å². The first-order valence-corrected chi connectivity index (χ1v) is 11.8. The van der Waals surface area contributed by atoms with Gasteiger partial charge in [-0.1, -0.05) is 26.0 Å². The van der Waals surface area contributed by atoms with Crippen LogP contribution in [0.15, 0.2) is 18.2 Å². The second-order valence-electron chi connectivity index (χ2n) is 10.2. The van der Waals surface area contributed by atoms with Crippen LogP contribution >= 0.6 is 0 Å². The lowest BCUT2D eigenvalue weighted by molar-refractivity contribution is -0.152. The number of fused-ring (bicyclic) bond motifs is 5. The van der Waals surface area contributed by atoms with E-state index in [1.165, 1.54) is 0 Å². The third-order valence-corrected chi connectivity index (χ3v) is 7.83. The van der Waals surface area contributed by atoms with Gasteiger partial charge in [0.25, 0.3) is 5.91 Å². The van der Waals surface area contributed by atoms with Gasteiger partial charge in [-0.2, -0.15) is 0 Å². The Morgan fingerprint density at radius 1 is 1.20 bits per heavy atom. The van der Waals surface area contributed by atoms with Gasteiger partial charge < -0.3 is 14.5 Å². The van der Waals surface area contributed by atoms with Gasteiger partial charge in [-0.05, 0) is 67.1 Å². The molecule has 5 nitrogen and oxygen atoms in total. The molecule has 5 rings (SSSR count). The Balaban J connectivity index is 1.41. The number of benzene rings is 1. The van der Waals surface area contributed by atoms with E-state index >= 15 is 0 Å². The second-order valence-corrected chi connectivity index (χ2v) is 10.2. The number of carbonyl (C=O) groups excluding carboxylic acids is 2. The van der Waals surface area contributed by atoms with E-state index in [0.717, 1.165) is 61.9 Å².